The fraction of sp³-hybridized carbons (Fsp3) is 0.231. The molecule has 1 aromatic heterocycles. The Morgan fingerprint density at radius 3 is 2.81 bits per heavy atom. The Morgan fingerprint density at radius 2 is 2.12 bits per heavy atom. The van der Waals surface area contributed by atoms with E-state index in [1.807, 2.05) is 12.1 Å². The first-order valence-electron chi connectivity index (χ1n) is 5.21. The Kier molecular flexibility index (Phi) is 3.34. The summed E-state index contributed by atoms with van der Waals surface area (Å²) in [6.07, 6.45) is 3.46. The summed E-state index contributed by atoms with van der Waals surface area (Å²) in [5.41, 5.74) is 3.53. The van der Waals surface area contributed by atoms with Crippen LogP contribution in [-0.4, -0.2) is 0 Å². The first-order valence-corrected chi connectivity index (χ1v) is 6.01. The Morgan fingerprint density at radius 1 is 1.31 bits per heavy atom. The van der Waals surface area contributed by atoms with Crippen molar-refractivity contribution in [3.05, 3.63) is 52.4 Å². The van der Waals surface area contributed by atoms with Gasteiger partial charge in [-0.2, -0.15) is 0 Å². The quantitative estimate of drug-likeness (QED) is 0.894. The monoisotopic (exact) mass is 279 g/mol. The number of aryl methyl sites for hydroxylation is 1. The second-order valence-electron chi connectivity index (χ2n) is 3.88. The average molecular weight is 280 g/mol. The summed E-state index contributed by atoms with van der Waals surface area (Å²) < 4.78 is 6.16. The maximum Gasteiger partial charge on any atom is 0.0955 e. The van der Waals surface area contributed by atoms with Crippen LogP contribution >= 0.6 is 15.9 Å². The predicted octanol–water partition coefficient (Wildman–Crippen LogP) is 4.52. The zero-order valence-corrected chi connectivity index (χ0v) is 10.9. The Labute approximate surface area is 104 Å². The van der Waals surface area contributed by atoms with Crippen LogP contribution in [0.2, 0.25) is 0 Å². The molecule has 2 rings (SSSR count). The minimum Gasteiger partial charge on any atom is -0.472 e. The maximum atomic E-state index is 5.08. The molecule has 0 saturated carbocycles. The molecule has 1 unspecified atom stereocenters. The number of furan rings is 1. The van der Waals surface area contributed by atoms with Gasteiger partial charge in [0.15, 0.2) is 0 Å². The molecule has 0 aliphatic rings. The minimum absolute atomic E-state index is 0.242. The van der Waals surface area contributed by atoms with E-state index in [1.165, 1.54) is 5.56 Å². The highest BCUT2D eigenvalue weighted by Gasteiger charge is 2.08. The summed E-state index contributed by atoms with van der Waals surface area (Å²) >= 11 is 3.48. The number of anilines is 1. The molecule has 1 N–H and O–H groups in total. The Hall–Kier alpha value is -1.22. The summed E-state index contributed by atoms with van der Waals surface area (Å²) in [5.74, 6) is 0. The summed E-state index contributed by atoms with van der Waals surface area (Å²) in [4.78, 5) is 0. The van der Waals surface area contributed by atoms with E-state index in [1.54, 1.807) is 12.5 Å². The number of hydrogen-bond acceptors (Lipinski definition) is 2. The van der Waals surface area contributed by atoms with Crippen LogP contribution in [0, 0.1) is 6.92 Å². The number of halogens is 1. The summed E-state index contributed by atoms with van der Waals surface area (Å²) in [7, 11) is 0. The van der Waals surface area contributed by atoms with Crippen molar-refractivity contribution in [3.8, 4) is 0 Å². The van der Waals surface area contributed by atoms with Gasteiger partial charge >= 0.3 is 0 Å². The van der Waals surface area contributed by atoms with Gasteiger partial charge in [0.25, 0.3) is 0 Å². The van der Waals surface area contributed by atoms with E-state index < -0.39 is 0 Å². The molecule has 0 aliphatic heterocycles. The summed E-state index contributed by atoms with van der Waals surface area (Å²) in [5, 5.41) is 3.46. The zero-order valence-electron chi connectivity index (χ0n) is 9.33. The standard InChI is InChI=1S/C13H14BrNO/c1-9-3-4-12(14)7-13(9)15-10(2)11-5-6-16-8-11/h3-8,10,15H,1-2H3. The van der Waals surface area contributed by atoms with Crippen LogP contribution in [0.15, 0.2) is 45.7 Å². The minimum atomic E-state index is 0.242. The highest BCUT2D eigenvalue weighted by atomic mass is 79.9. The zero-order chi connectivity index (χ0) is 11.5. The first kappa shape index (κ1) is 11.3. The largest absolute Gasteiger partial charge is 0.472 e. The number of hydrogen-bond donors (Lipinski definition) is 1. The molecule has 0 aliphatic carbocycles. The molecule has 1 atom stereocenters. The molecule has 0 radical (unpaired) electrons. The summed E-state index contributed by atoms with van der Waals surface area (Å²) in [6.45, 7) is 4.21. The van der Waals surface area contributed by atoms with Crippen LogP contribution in [0.5, 0.6) is 0 Å². The normalized spacial score (nSPS) is 12.4. The van der Waals surface area contributed by atoms with E-state index in [0.29, 0.717) is 0 Å². The lowest BCUT2D eigenvalue weighted by atomic mass is 10.1. The molecular formula is C13H14BrNO. The van der Waals surface area contributed by atoms with E-state index in [9.17, 15) is 0 Å². The van der Waals surface area contributed by atoms with Crippen molar-refractivity contribution < 1.29 is 4.42 Å². The second kappa shape index (κ2) is 4.74. The van der Waals surface area contributed by atoms with Crippen molar-refractivity contribution in [1.29, 1.82) is 0 Å². The molecular weight excluding hydrogens is 266 g/mol. The molecule has 0 spiro atoms. The second-order valence-corrected chi connectivity index (χ2v) is 4.80. The van der Waals surface area contributed by atoms with Crippen molar-refractivity contribution in [2.45, 2.75) is 19.9 Å². The topological polar surface area (TPSA) is 25.2 Å². The first-order chi connectivity index (χ1) is 7.66. The van der Waals surface area contributed by atoms with Crippen molar-refractivity contribution in [2.75, 3.05) is 5.32 Å². The summed E-state index contributed by atoms with van der Waals surface area (Å²) in [6, 6.07) is 8.45. The van der Waals surface area contributed by atoms with Crippen molar-refractivity contribution >= 4 is 21.6 Å². The van der Waals surface area contributed by atoms with Gasteiger partial charge in [-0.05, 0) is 37.6 Å². The number of rotatable bonds is 3. The SMILES string of the molecule is Cc1ccc(Br)cc1NC(C)c1ccoc1. The lowest BCUT2D eigenvalue weighted by Crippen LogP contribution is -2.06. The van der Waals surface area contributed by atoms with Gasteiger partial charge in [0, 0.05) is 15.7 Å². The Bertz CT molecular complexity index is 465. The Balaban J connectivity index is 2.17. The van der Waals surface area contributed by atoms with Crippen molar-refractivity contribution in [2.24, 2.45) is 0 Å². The molecule has 0 bridgehead atoms. The maximum absolute atomic E-state index is 5.08. The van der Waals surface area contributed by atoms with E-state index in [4.69, 9.17) is 4.42 Å². The van der Waals surface area contributed by atoms with Gasteiger partial charge in [0.1, 0.15) is 0 Å². The third-order valence-corrected chi connectivity index (χ3v) is 3.11. The molecule has 84 valence electrons. The van der Waals surface area contributed by atoms with Gasteiger partial charge in [-0.25, -0.2) is 0 Å². The number of nitrogens with one attached hydrogen (secondary N) is 1. The number of benzene rings is 1. The molecule has 2 nitrogen and oxygen atoms in total. The van der Waals surface area contributed by atoms with E-state index in [0.717, 1.165) is 15.7 Å². The fourth-order valence-corrected chi connectivity index (χ4v) is 1.95. The van der Waals surface area contributed by atoms with Gasteiger partial charge in [0.2, 0.25) is 0 Å². The molecule has 1 heterocycles. The van der Waals surface area contributed by atoms with Crippen LogP contribution in [0.3, 0.4) is 0 Å². The fourth-order valence-electron chi connectivity index (χ4n) is 1.59. The van der Waals surface area contributed by atoms with Crippen LogP contribution in [-0.2, 0) is 0 Å². The van der Waals surface area contributed by atoms with Gasteiger partial charge in [-0.3, -0.25) is 0 Å². The molecule has 0 saturated heterocycles. The molecule has 16 heavy (non-hydrogen) atoms. The lowest BCUT2D eigenvalue weighted by molar-refractivity contribution is 0.562. The highest BCUT2D eigenvalue weighted by Crippen LogP contribution is 2.25. The van der Waals surface area contributed by atoms with Gasteiger partial charge in [-0.15, -0.1) is 0 Å². The van der Waals surface area contributed by atoms with Crippen molar-refractivity contribution in [1.82, 2.24) is 0 Å². The molecule has 0 amide bonds. The predicted molar refractivity (Wildman–Crippen MR) is 69.6 cm³/mol. The lowest BCUT2D eigenvalue weighted by Gasteiger charge is -2.15. The van der Waals surface area contributed by atoms with Gasteiger partial charge in [-0.1, -0.05) is 22.0 Å². The molecule has 2 aromatic rings. The van der Waals surface area contributed by atoms with Crippen LogP contribution in [0.25, 0.3) is 0 Å². The van der Waals surface area contributed by atoms with E-state index in [-0.39, 0.29) is 6.04 Å². The van der Waals surface area contributed by atoms with Crippen LogP contribution in [0.4, 0.5) is 5.69 Å². The molecule has 3 heteroatoms. The van der Waals surface area contributed by atoms with Gasteiger partial charge < -0.3 is 9.73 Å². The average Bonchev–Trinajstić information content (AvgIpc) is 2.76. The van der Waals surface area contributed by atoms with Crippen molar-refractivity contribution in [3.63, 3.8) is 0 Å². The molecule has 1 aromatic carbocycles. The third kappa shape index (κ3) is 2.47. The van der Waals surface area contributed by atoms with E-state index >= 15 is 0 Å². The van der Waals surface area contributed by atoms with E-state index in [2.05, 4.69) is 47.2 Å². The van der Waals surface area contributed by atoms with Crippen LogP contribution < -0.4 is 5.32 Å². The van der Waals surface area contributed by atoms with Gasteiger partial charge in [0.05, 0.1) is 18.6 Å². The highest BCUT2D eigenvalue weighted by molar-refractivity contribution is 9.10. The molecule has 0 fully saturated rings. The smallest absolute Gasteiger partial charge is 0.0955 e. The van der Waals surface area contributed by atoms with Crippen LogP contribution in [0.1, 0.15) is 24.1 Å². The third-order valence-electron chi connectivity index (χ3n) is 2.61.